The molecule has 8 heteroatoms. The summed E-state index contributed by atoms with van der Waals surface area (Å²) in [5.74, 6) is -0.162. The fourth-order valence-electron chi connectivity index (χ4n) is 4.87. The average molecular weight is 455 g/mol. The summed E-state index contributed by atoms with van der Waals surface area (Å²) in [5, 5.41) is 9.13. The van der Waals surface area contributed by atoms with Crippen molar-refractivity contribution < 1.29 is 14.4 Å². The second kappa shape index (κ2) is 9.30. The minimum atomic E-state index is -0.353. The van der Waals surface area contributed by atoms with Crippen molar-refractivity contribution in [1.29, 1.82) is 0 Å². The number of nitrogens with one attached hydrogen (secondary N) is 3. The smallest absolute Gasteiger partial charge is 0.238 e. The van der Waals surface area contributed by atoms with Crippen LogP contribution in [-0.4, -0.2) is 47.8 Å². The molecule has 1 spiro atoms. The van der Waals surface area contributed by atoms with Crippen LogP contribution in [0.25, 0.3) is 0 Å². The van der Waals surface area contributed by atoms with Crippen molar-refractivity contribution >= 4 is 40.7 Å². The molecule has 2 aromatic carbocycles. The van der Waals surface area contributed by atoms with E-state index >= 15 is 0 Å². The van der Waals surface area contributed by atoms with Crippen LogP contribution < -0.4 is 16.0 Å². The molecule has 0 saturated carbocycles. The molecule has 2 fully saturated rings. The Morgan fingerprint density at radius 2 is 1.97 bits per heavy atom. The predicted molar refractivity (Wildman–Crippen MR) is 125 cm³/mol. The summed E-state index contributed by atoms with van der Waals surface area (Å²) in [5.41, 5.74) is 1.88. The molecule has 4 rings (SSSR count). The monoisotopic (exact) mass is 454 g/mol. The Labute approximate surface area is 192 Å². The lowest BCUT2D eigenvalue weighted by molar-refractivity contribution is -0.125. The van der Waals surface area contributed by atoms with Crippen LogP contribution in [-0.2, 0) is 14.4 Å². The minimum Gasteiger partial charge on any atom is -0.349 e. The van der Waals surface area contributed by atoms with E-state index in [2.05, 4.69) is 33.0 Å². The van der Waals surface area contributed by atoms with E-state index < -0.39 is 0 Å². The van der Waals surface area contributed by atoms with Gasteiger partial charge in [-0.15, -0.1) is 0 Å². The molecule has 168 valence electrons. The Hall–Kier alpha value is -2.90. The highest BCUT2D eigenvalue weighted by molar-refractivity contribution is 6.34. The van der Waals surface area contributed by atoms with E-state index in [1.54, 1.807) is 18.2 Å². The summed E-state index contributed by atoms with van der Waals surface area (Å²) in [6.45, 7) is 2.93. The third kappa shape index (κ3) is 4.95. The first-order valence-corrected chi connectivity index (χ1v) is 11.2. The molecule has 32 heavy (non-hydrogen) atoms. The number of hydrogen-bond donors (Lipinski definition) is 3. The number of likely N-dealkylation sites (tertiary alicyclic amines) is 1. The molecule has 0 radical (unpaired) electrons. The molecule has 2 saturated heterocycles. The van der Waals surface area contributed by atoms with Gasteiger partial charge in [-0.05, 0) is 36.6 Å². The standard InChI is InChI=1S/C24H27ClN4O3/c1-16(30)26-18-9-10-21(20(25)12-18)27-23(32)14-29-13-19(17-6-3-2-4-7-17)24(15-29)11-5-8-22(31)28-24/h2-4,6-7,9-10,12,19H,5,8,11,13-15H2,1H3,(H,26,30)(H,27,32)(H,28,31)/t19-,24+/m0/s1. The van der Waals surface area contributed by atoms with Gasteiger partial charge in [0.2, 0.25) is 17.7 Å². The summed E-state index contributed by atoms with van der Waals surface area (Å²) in [6, 6.07) is 15.1. The highest BCUT2D eigenvalue weighted by Crippen LogP contribution is 2.41. The first-order valence-electron chi connectivity index (χ1n) is 10.8. The van der Waals surface area contributed by atoms with Gasteiger partial charge in [-0.3, -0.25) is 19.3 Å². The summed E-state index contributed by atoms with van der Waals surface area (Å²) < 4.78 is 0. The SMILES string of the molecule is CC(=O)Nc1ccc(NC(=O)CN2C[C@@H](c3ccccc3)[C@@]3(CCCC(=O)N3)C2)c(Cl)c1. The molecule has 3 amide bonds. The lowest BCUT2D eigenvalue weighted by atomic mass is 9.76. The van der Waals surface area contributed by atoms with Gasteiger partial charge in [-0.25, -0.2) is 0 Å². The predicted octanol–water partition coefficient (Wildman–Crippen LogP) is 3.38. The highest BCUT2D eigenvalue weighted by atomic mass is 35.5. The van der Waals surface area contributed by atoms with E-state index in [9.17, 15) is 14.4 Å². The fourth-order valence-corrected chi connectivity index (χ4v) is 5.10. The zero-order valence-corrected chi connectivity index (χ0v) is 18.7. The Bertz CT molecular complexity index is 1030. The average Bonchev–Trinajstić information content (AvgIpc) is 3.06. The molecule has 7 nitrogen and oxygen atoms in total. The molecule has 0 unspecified atom stereocenters. The van der Waals surface area contributed by atoms with Crippen molar-refractivity contribution in [3.63, 3.8) is 0 Å². The second-order valence-electron chi connectivity index (χ2n) is 8.61. The first-order chi connectivity index (χ1) is 15.3. The van der Waals surface area contributed by atoms with Crippen LogP contribution in [0.15, 0.2) is 48.5 Å². The van der Waals surface area contributed by atoms with Gasteiger partial charge in [0.1, 0.15) is 0 Å². The third-order valence-electron chi connectivity index (χ3n) is 6.16. The van der Waals surface area contributed by atoms with Crippen molar-refractivity contribution in [2.45, 2.75) is 37.6 Å². The Balaban J connectivity index is 1.46. The summed E-state index contributed by atoms with van der Waals surface area (Å²) in [6.07, 6.45) is 2.30. The van der Waals surface area contributed by atoms with E-state index in [1.807, 2.05) is 18.2 Å². The van der Waals surface area contributed by atoms with E-state index in [-0.39, 0.29) is 35.7 Å². The molecule has 2 heterocycles. The van der Waals surface area contributed by atoms with Gasteiger partial charge in [0, 0.05) is 38.0 Å². The van der Waals surface area contributed by atoms with E-state index in [0.717, 1.165) is 12.8 Å². The number of carbonyl (C=O) groups excluding carboxylic acids is 3. The number of rotatable bonds is 5. The maximum atomic E-state index is 12.8. The molecule has 0 bridgehead atoms. The van der Waals surface area contributed by atoms with Crippen LogP contribution in [0.1, 0.15) is 37.7 Å². The number of halogens is 1. The van der Waals surface area contributed by atoms with Gasteiger partial charge in [-0.2, -0.15) is 0 Å². The minimum absolute atomic E-state index is 0.0783. The topological polar surface area (TPSA) is 90.5 Å². The van der Waals surface area contributed by atoms with Gasteiger partial charge in [0.15, 0.2) is 0 Å². The number of amides is 3. The number of nitrogens with zero attached hydrogens (tertiary/aromatic N) is 1. The van der Waals surface area contributed by atoms with Crippen LogP contribution in [0.2, 0.25) is 5.02 Å². The van der Waals surface area contributed by atoms with Crippen LogP contribution in [0.5, 0.6) is 0 Å². The zero-order chi connectivity index (χ0) is 22.7. The maximum absolute atomic E-state index is 12.8. The third-order valence-corrected chi connectivity index (χ3v) is 6.47. The van der Waals surface area contributed by atoms with Crippen LogP contribution >= 0.6 is 11.6 Å². The van der Waals surface area contributed by atoms with Crippen LogP contribution in [0, 0.1) is 0 Å². The van der Waals surface area contributed by atoms with Crippen molar-refractivity contribution in [2.75, 3.05) is 30.3 Å². The molecule has 2 aromatic rings. The lowest BCUT2D eigenvalue weighted by Gasteiger charge is -2.39. The summed E-state index contributed by atoms with van der Waals surface area (Å²) >= 11 is 6.28. The van der Waals surface area contributed by atoms with Crippen LogP contribution in [0.4, 0.5) is 11.4 Å². The molecule has 2 atom stereocenters. The molecule has 3 N–H and O–H groups in total. The fraction of sp³-hybridized carbons (Fsp3) is 0.375. The van der Waals surface area contributed by atoms with Crippen molar-refractivity contribution in [3.05, 3.63) is 59.1 Å². The number of carbonyl (C=O) groups is 3. The molecule has 0 aromatic heterocycles. The first kappa shape index (κ1) is 22.3. The van der Waals surface area contributed by atoms with E-state index in [0.29, 0.717) is 35.9 Å². The number of anilines is 2. The molecular formula is C24H27ClN4O3. The Kier molecular flexibility index (Phi) is 6.48. The van der Waals surface area contributed by atoms with Gasteiger partial charge < -0.3 is 16.0 Å². The highest BCUT2D eigenvalue weighted by Gasteiger charge is 2.49. The van der Waals surface area contributed by atoms with Crippen molar-refractivity contribution in [1.82, 2.24) is 10.2 Å². The lowest BCUT2D eigenvalue weighted by Crippen LogP contribution is -2.56. The van der Waals surface area contributed by atoms with Gasteiger partial charge in [-0.1, -0.05) is 41.9 Å². The number of hydrogen-bond acceptors (Lipinski definition) is 4. The molecule has 0 aliphatic carbocycles. The molecular weight excluding hydrogens is 428 g/mol. The van der Waals surface area contributed by atoms with Crippen LogP contribution in [0.3, 0.4) is 0 Å². The maximum Gasteiger partial charge on any atom is 0.238 e. The second-order valence-corrected chi connectivity index (χ2v) is 9.02. The van der Waals surface area contributed by atoms with E-state index in [1.165, 1.54) is 12.5 Å². The van der Waals surface area contributed by atoms with Gasteiger partial charge in [0.05, 0.1) is 22.8 Å². The van der Waals surface area contributed by atoms with E-state index in [4.69, 9.17) is 11.6 Å². The number of piperidine rings is 1. The molecule has 2 aliphatic heterocycles. The summed E-state index contributed by atoms with van der Waals surface area (Å²) in [4.78, 5) is 38.3. The molecule has 2 aliphatic rings. The Morgan fingerprint density at radius 1 is 1.19 bits per heavy atom. The Morgan fingerprint density at radius 3 is 2.66 bits per heavy atom. The van der Waals surface area contributed by atoms with Crippen molar-refractivity contribution in [2.24, 2.45) is 0 Å². The van der Waals surface area contributed by atoms with Gasteiger partial charge in [0.25, 0.3) is 0 Å². The summed E-state index contributed by atoms with van der Waals surface area (Å²) in [7, 11) is 0. The normalized spacial score (nSPS) is 23.1. The van der Waals surface area contributed by atoms with Gasteiger partial charge >= 0.3 is 0 Å². The largest absolute Gasteiger partial charge is 0.349 e. The zero-order valence-electron chi connectivity index (χ0n) is 18.0. The van der Waals surface area contributed by atoms with Crippen molar-refractivity contribution in [3.8, 4) is 0 Å². The quantitative estimate of drug-likeness (QED) is 0.646. The number of benzene rings is 2.